The fraction of sp³-hybridized carbons (Fsp3) is 0.696. The van der Waals surface area contributed by atoms with E-state index >= 15 is 0 Å². The Morgan fingerprint density at radius 1 is 1.16 bits per heavy atom. The number of thiophene rings is 1. The summed E-state index contributed by atoms with van der Waals surface area (Å²) in [5.41, 5.74) is 1.20. The van der Waals surface area contributed by atoms with Crippen LogP contribution in [0.3, 0.4) is 0 Å². The average molecular weight is 450 g/mol. The molecule has 2 fully saturated rings. The molecule has 1 saturated heterocycles. The molecule has 2 aromatic rings. The number of piperidine rings is 1. The van der Waals surface area contributed by atoms with Crippen LogP contribution in [0.4, 0.5) is 8.78 Å². The van der Waals surface area contributed by atoms with Gasteiger partial charge in [0.05, 0.1) is 5.39 Å². The van der Waals surface area contributed by atoms with E-state index in [1.54, 1.807) is 24.6 Å². The minimum Gasteiger partial charge on any atom is -0.474 e. The predicted molar refractivity (Wildman–Crippen MR) is 116 cm³/mol. The van der Waals surface area contributed by atoms with Crippen LogP contribution < -0.4 is 4.74 Å². The fourth-order valence-corrected chi connectivity index (χ4v) is 6.59. The number of ether oxygens (including phenoxy) is 1. The Kier molecular flexibility index (Phi) is 5.71. The van der Waals surface area contributed by atoms with E-state index in [9.17, 15) is 13.6 Å². The van der Waals surface area contributed by atoms with Gasteiger partial charge in [-0.05, 0) is 57.4 Å². The second-order valence-electron chi connectivity index (χ2n) is 9.35. The van der Waals surface area contributed by atoms with Crippen LogP contribution in [0.5, 0.6) is 5.88 Å². The van der Waals surface area contributed by atoms with E-state index < -0.39 is 5.92 Å². The van der Waals surface area contributed by atoms with Crippen LogP contribution in [0.1, 0.15) is 62.3 Å². The third kappa shape index (κ3) is 4.33. The second kappa shape index (κ2) is 8.35. The minimum absolute atomic E-state index is 0.0210. The Balaban J connectivity index is 1.27. The highest BCUT2D eigenvalue weighted by molar-refractivity contribution is 7.18. The van der Waals surface area contributed by atoms with Crippen molar-refractivity contribution in [2.75, 3.05) is 13.1 Å². The van der Waals surface area contributed by atoms with Crippen molar-refractivity contribution in [2.45, 2.75) is 82.8 Å². The Morgan fingerprint density at radius 3 is 2.61 bits per heavy atom. The molecule has 1 saturated carbocycles. The first kappa shape index (κ1) is 21.2. The molecule has 3 heterocycles. The van der Waals surface area contributed by atoms with Gasteiger partial charge in [-0.15, -0.1) is 11.3 Å². The van der Waals surface area contributed by atoms with Gasteiger partial charge in [-0.3, -0.25) is 9.69 Å². The Labute approximate surface area is 185 Å². The monoisotopic (exact) mass is 449 g/mol. The van der Waals surface area contributed by atoms with Gasteiger partial charge in [0.2, 0.25) is 5.88 Å². The SMILES string of the molecule is CC(=O)[C@H]1CCc2sc3ncnc(OC4CCC(N5CCC(F)(F)CC5)CC4)c3c2C1. The molecule has 0 aromatic carbocycles. The third-order valence-electron chi connectivity index (χ3n) is 7.35. The smallest absolute Gasteiger partial charge is 0.250 e. The zero-order valence-corrected chi connectivity index (χ0v) is 18.7. The highest BCUT2D eigenvalue weighted by atomic mass is 32.1. The summed E-state index contributed by atoms with van der Waals surface area (Å²) in [7, 11) is 0. The first-order chi connectivity index (χ1) is 14.9. The molecule has 31 heavy (non-hydrogen) atoms. The number of aromatic nitrogens is 2. The van der Waals surface area contributed by atoms with Crippen LogP contribution >= 0.6 is 11.3 Å². The summed E-state index contributed by atoms with van der Waals surface area (Å²) in [6.45, 7) is 2.67. The van der Waals surface area contributed by atoms with Crippen molar-refractivity contribution in [3.8, 4) is 5.88 Å². The molecule has 2 aliphatic carbocycles. The molecule has 0 radical (unpaired) electrons. The van der Waals surface area contributed by atoms with Crippen molar-refractivity contribution in [1.82, 2.24) is 14.9 Å². The number of rotatable bonds is 4. The normalized spacial score (nSPS) is 28.9. The summed E-state index contributed by atoms with van der Waals surface area (Å²) in [5, 5.41) is 0.994. The van der Waals surface area contributed by atoms with Crippen molar-refractivity contribution in [1.29, 1.82) is 0 Å². The molecule has 0 bridgehead atoms. The highest BCUT2D eigenvalue weighted by Gasteiger charge is 2.37. The number of fused-ring (bicyclic) bond motifs is 3. The van der Waals surface area contributed by atoms with Gasteiger partial charge < -0.3 is 4.74 Å². The van der Waals surface area contributed by atoms with Gasteiger partial charge >= 0.3 is 0 Å². The van der Waals surface area contributed by atoms with Gasteiger partial charge in [-0.2, -0.15) is 0 Å². The Bertz CT molecular complexity index is 961. The predicted octanol–water partition coefficient (Wildman–Crippen LogP) is 4.81. The van der Waals surface area contributed by atoms with Crippen LogP contribution in [0.2, 0.25) is 0 Å². The lowest BCUT2D eigenvalue weighted by atomic mass is 9.85. The molecule has 5 rings (SSSR count). The number of alkyl halides is 2. The van der Waals surface area contributed by atoms with Gasteiger partial charge in [-0.1, -0.05) is 0 Å². The molecule has 5 nitrogen and oxygen atoms in total. The molecule has 2 aromatic heterocycles. The number of likely N-dealkylation sites (tertiary alicyclic amines) is 1. The molecule has 0 unspecified atom stereocenters. The molecular formula is C23H29F2N3O2S. The Hall–Kier alpha value is -1.67. The number of nitrogens with zero attached hydrogens (tertiary/aromatic N) is 3. The van der Waals surface area contributed by atoms with Gasteiger partial charge in [0, 0.05) is 42.8 Å². The molecule has 0 N–H and O–H groups in total. The molecule has 8 heteroatoms. The first-order valence-corrected chi connectivity index (χ1v) is 12.3. The zero-order chi connectivity index (χ0) is 21.6. The van der Waals surface area contributed by atoms with E-state index in [2.05, 4.69) is 14.9 Å². The minimum atomic E-state index is -2.49. The summed E-state index contributed by atoms with van der Waals surface area (Å²) >= 11 is 1.70. The van der Waals surface area contributed by atoms with Crippen LogP contribution in [0.25, 0.3) is 10.2 Å². The molecule has 3 aliphatic rings. The summed E-state index contributed by atoms with van der Waals surface area (Å²) in [6.07, 6.45) is 7.95. The van der Waals surface area contributed by atoms with Gasteiger partial charge in [0.1, 0.15) is 23.0 Å². The maximum absolute atomic E-state index is 13.5. The van der Waals surface area contributed by atoms with Gasteiger partial charge in [0.25, 0.3) is 5.92 Å². The van der Waals surface area contributed by atoms with E-state index in [1.807, 2.05) is 0 Å². The summed E-state index contributed by atoms with van der Waals surface area (Å²) in [5.74, 6) is -1.52. The van der Waals surface area contributed by atoms with Crippen LogP contribution in [-0.4, -0.2) is 51.8 Å². The maximum Gasteiger partial charge on any atom is 0.250 e. The number of Topliss-reactive ketones (excluding diaryl/α,β-unsaturated/α-hetero) is 1. The maximum atomic E-state index is 13.5. The summed E-state index contributed by atoms with van der Waals surface area (Å²) < 4.78 is 33.3. The fourth-order valence-electron chi connectivity index (χ4n) is 5.42. The van der Waals surface area contributed by atoms with Crippen molar-refractivity contribution >= 4 is 27.3 Å². The van der Waals surface area contributed by atoms with Crippen molar-refractivity contribution in [3.63, 3.8) is 0 Å². The van der Waals surface area contributed by atoms with E-state index in [1.165, 1.54) is 10.4 Å². The molecule has 168 valence electrons. The molecule has 0 spiro atoms. The van der Waals surface area contributed by atoms with Crippen LogP contribution in [0, 0.1) is 5.92 Å². The van der Waals surface area contributed by atoms with E-state index in [-0.39, 0.29) is 30.6 Å². The standard InChI is InChI=1S/C23H29F2N3O2S/c1-14(29)15-2-7-19-18(12-15)20-21(26-13-27-22(20)31-19)30-17-5-3-16(4-6-17)28-10-8-23(24,25)9-11-28/h13,15-17H,2-12H2,1H3/t15-,16?,17?/m0/s1. The Morgan fingerprint density at radius 2 is 1.90 bits per heavy atom. The van der Waals surface area contributed by atoms with Crippen molar-refractivity contribution in [2.24, 2.45) is 5.92 Å². The number of carbonyl (C=O) groups excluding carboxylic acids is 1. The number of ketones is 1. The van der Waals surface area contributed by atoms with E-state index in [4.69, 9.17) is 4.74 Å². The first-order valence-electron chi connectivity index (χ1n) is 11.4. The topological polar surface area (TPSA) is 55.3 Å². The van der Waals surface area contributed by atoms with E-state index in [0.717, 1.165) is 55.2 Å². The van der Waals surface area contributed by atoms with Crippen molar-refractivity contribution < 1.29 is 18.3 Å². The molecule has 0 amide bonds. The van der Waals surface area contributed by atoms with Crippen LogP contribution in [0.15, 0.2) is 6.33 Å². The third-order valence-corrected chi connectivity index (χ3v) is 8.55. The van der Waals surface area contributed by atoms with Gasteiger partial charge in [-0.25, -0.2) is 18.7 Å². The molecule has 1 atom stereocenters. The number of halogens is 2. The number of carbonyl (C=O) groups is 1. The lowest BCUT2D eigenvalue weighted by Crippen LogP contribution is -2.47. The zero-order valence-electron chi connectivity index (χ0n) is 17.9. The van der Waals surface area contributed by atoms with Crippen LogP contribution in [-0.2, 0) is 17.6 Å². The molecule has 1 aliphatic heterocycles. The lowest BCUT2D eigenvalue weighted by Gasteiger charge is -2.40. The number of hydrogen-bond acceptors (Lipinski definition) is 6. The largest absolute Gasteiger partial charge is 0.474 e. The van der Waals surface area contributed by atoms with Gasteiger partial charge in [0.15, 0.2) is 0 Å². The second-order valence-corrected chi connectivity index (χ2v) is 10.4. The average Bonchev–Trinajstić information content (AvgIpc) is 3.13. The number of hydrogen-bond donors (Lipinski definition) is 0. The highest BCUT2D eigenvalue weighted by Crippen LogP contribution is 2.41. The quantitative estimate of drug-likeness (QED) is 0.671. The number of aryl methyl sites for hydroxylation is 1. The molecular weight excluding hydrogens is 420 g/mol. The van der Waals surface area contributed by atoms with Crippen molar-refractivity contribution in [3.05, 3.63) is 16.8 Å². The summed E-state index contributed by atoms with van der Waals surface area (Å²) in [6, 6.07) is 0.381. The van der Waals surface area contributed by atoms with E-state index in [0.29, 0.717) is 25.0 Å². The summed E-state index contributed by atoms with van der Waals surface area (Å²) in [4.78, 5) is 25.4. The lowest BCUT2D eigenvalue weighted by molar-refractivity contribution is -0.121.